The van der Waals surface area contributed by atoms with Crippen molar-refractivity contribution in [3.05, 3.63) is 35.1 Å². The third-order valence-corrected chi connectivity index (χ3v) is 5.39. The molecule has 0 aromatic heterocycles. The smallest absolute Gasteiger partial charge is 0.123 e. The summed E-state index contributed by atoms with van der Waals surface area (Å²) in [5.41, 5.74) is 2.96. The van der Waals surface area contributed by atoms with E-state index in [2.05, 4.69) is 26.1 Å². The summed E-state index contributed by atoms with van der Waals surface area (Å²) in [4.78, 5) is 0. The molecule has 1 fully saturated rings. The Morgan fingerprint density at radius 1 is 1.29 bits per heavy atom. The summed E-state index contributed by atoms with van der Waals surface area (Å²) in [6.45, 7) is 8.10. The molecule has 3 rings (SSSR count). The van der Waals surface area contributed by atoms with Gasteiger partial charge in [-0.25, -0.2) is 4.39 Å². The van der Waals surface area contributed by atoms with Gasteiger partial charge in [0.1, 0.15) is 5.82 Å². The minimum absolute atomic E-state index is 0.106. The molecule has 2 atom stereocenters. The molecule has 2 aliphatic rings. The van der Waals surface area contributed by atoms with Crippen LogP contribution in [0.3, 0.4) is 0 Å². The topological polar surface area (TPSA) is 12.0 Å². The van der Waals surface area contributed by atoms with Crippen molar-refractivity contribution < 1.29 is 4.39 Å². The summed E-state index contributed by atoms with van der Waals surface area (Å²) < 4.78 is 13.4. The first-order chi connectivity index (χ1) is 7.95. The molecule has 1 N–H and O–H groups in total. The number of halogens is 1. The van der Waals surface area contributed by atoms with Gasteiger partial charge in [0.25, 0.3) is 0 Å². The van der Waals surface area contributed by atoms with Crippen LogP contribution in [0.1, 0.15) is 38.3 Å². The maximum absolute atomic E-state index is 13.4. The van der Waals surface area contributed by atoms with Crippen molar-refractivity contribution in [3.8, 4) is 0 Å². The molecule has 1 aromatic rings. The van der Waals surface area contributed by atoms with Gasteiger partial charge in [0.05, 0.1) is 0 Å². The van der Waals surface area contributed by atoms with Crippen molar-refractivity contribution in [2.24, 2.45) is 5.41 Å². The highest BCUT2D eigenvalue weighted by molar-refractivity contribution is 5.41. The van der Waals surface area contributed by atoms with E-state index in [0.717, 1.165) is 19.4 Å². The second kappa shape index (κ2) is 3.32. The molecule has 2 bridgehead atoms. The second-order valence-electron chi connectivity index (χ2n) is 6.32. The van der Waals surface area contributed by atoms with Gasteiger partial charge in [-0.05, 0) is 48.1 Å². The van der Waals surface area contributed by atoms with Crippen molar-refractivity contribution in [2.45, 2.75) is 45.1 Å². The van der Waals surface area contributed by atoms with Crippen LogP contribution < -0.4 is 5.32 Å². The molecule has 0 spiro atoms. The van der Waals surface area contributed by atoms with Crippen LogP contribution in [0.2, 0.25) is 0 Å². The highest BCUT2D eigenvalue weighted by Crippen LogP contribution is 2.53. The lowest BCUT2D eigenvalue weighted by molar-refractivity contribution is 0.0558. The molecule has 1 nitrogen and oxygen atoms in total. The fraction of sp³-hybridized carbons (Fsp3) is 0.600. The van der Waals surface area contributed by atoms with E-state index in [-0.39, 0.29) is 16.6 Å². The van der Waals surface area contributed by atoms with E-state index < -0.39 is 0 Å². The van der Waals surface area contributed by atoms with E-state index in [1.54, 1.807) is 12.1 Å². The standard InChI is InChI=1S/C15H20FN/c1-14(2)13-9-10-8-11(16)4-5-12(10)15(14,3)6-7-17-13/h4-5,8,13,17H,6-7,9H2,1-3H3. The fourth-order valence-electron chi connectivity index (χ4n) is 3.76. The first kappa shape index (κ1) is 11.2. The van der Waals surface area contributed by atoms with Crippen LogP contribution in [0.5, 0.6) is 0 Å². The normalized spacial score (nSPS) is 34.2. The van der Waals surface area contributed by atoms with Crippen LogP contribution in [0, 0.1) is 11.2 Å². The molecule has 17 heavy (non-hydrogen) atoms. The van der Waals surface area contributed by atoms with Gasteiger partial charge in [-0.3, -0.25) is 0 Å². The Hall–Kier alpha value is -0.890. The van der Waals surface area contributed by atoms with Crippen LogP contribution in [0.25, 0.3) is 0 Å². The van der Waals surface area contributed by atoms with E-state index in [1.807, 2.05) is 6.07 Å². The molecule has 1 aromatic carbocycles. The molecule has 2 heteroatoms. The van der Waals surface area contributed by atoms with Crippen molar-refractivity contribution >= 4 is 0 Å². The molecule has 2 unspecified atom stereocenters. The van der Waals surface area contributed by atoms with Crippen LogP contribution in [0.15, 0.2) is 18.2 Å². The van der Waals surface area contributed by atoms with E-state index in [0.29, 0.717) is 6.04 Å². The van der Waals surface area contributed by atoms with Crippen molar-refractivity contribution in [1.29, 1.82) is 0 Å². The minimum Gasteiger partial charge on any atom is -0.313 e. The van der Waals surface area contributed by atoms with E-state index in [1.165, 1.54) is 11.1 Å². The molecule has 1 saturated heterocycles. The molecule has 0 amide bonds. The van der Waals surface area contributed by atoms with E-state index in [4.69, 9.17) is 0 Å². The Labute approximate surface area is 102 Å². The number of nitrogens with one attached hydrogen (secondary N) is 1. The average Bonchev–Trinajstić information content (AvgIpc) is 2.23. The SMILES string of the molecule is CC12CCNC(Cc3cc(F)ccc31)C2(C)C. The van der Waals surface area contributed by atoms with Gasteiger partial charge >= 0.3 is 0 Å². The van der Waals surface area contributed by atoms with Gasteiger partial charge in [-0.1, -0.05) is 26.8 Å². The first-order valence-corrected chi connectivity index (χ1v) is 6.47. The van der Waals surface area contributed by atoms with Gasteiger partial charge in [0.15, 0.2) is 0 Å². The Morgan fingerprint density at radius 3 is 2.82 bits per heavy atom. The number of fused-ring (bicyclic) bond motifs is 4. The summed E-state index contributed by atoms with van der Waals surface area (Å²) in [7, 11) is 0. The van der Waals surface area contributed by atoms with Crippen LogP contribution in [-0.2, 0) is 11.8 Å². The van der Waals surface area contributed by atoms with Crippen LogP contribution >= 0.6 is 0 Å². The van der Waals surface area contributed by atoms with Crippen molar-refractivity contribution in [1.82, 2.24) is 5.32 Å². The third-order valence-electron chi connectivity index (χ3n) is 5.39. The van der Waals surface area contributed by atoms with Crippen molar-refractivity contribution in [3.63, 3.8) is 0 Å². The van der Waals surface area contributed by atoms with Gasteiger partial charge in [-0.15, -0.1) is 0 Å². The fourth-order valence-corrected chi connectivity index (χ4v) is 3.76. The molecule has 0 radical (unpaired) electrons. The lowest BCUT2D eigenvalue weighted by Crippen LogP contribution is -2.62. The average molecular weight is 233 g/mol. The first-order valence-electron chi connectivity index (χ1n) is 6.47. The van der Waals surface area contributed by atoms with E-state index >= 15 is 0 Å². The molecule has 1 aliphatic heterocycles. The predicted octanol–water partition coefficient (Wildman–Crippen LogP) is 3.03. The Morgan fingerprint density at radius 2 is 2.06 bits per heavy atom. The van der Waals surface area contributed by atoms with Gasteiger partial charge < -0.3 is 5.32 Å². The summed E-state index contributed by atoms with van der Waals surface area (Å²) in [6.07, 6.45) is 2.09. The zero-order valence-corrected chi connectivity index (χ0v) is 10.8. The quantitative estimate of drug-likeness (QED) is 0.726. The highest BCUT2D eigenvalue weighted by atomic mass is 19.1. The molecule has 1 heterocycles. The summed E-state index contributed by atoms with van der Waals surface area (Å²) >= 11 is 0. The predicted molar refractivity (Wildman–Crippen MR) is 67.6 cm³/mol. The monoisotopic (exact) mass is 233 g/mol. The van der Waals surface area contributed by atoms with Crippen molar-refractivity contribution in [2.75, 3.05) is 6.54 Å². The molecule has 92 valence electrons. The lowest BCUT2D eigenvalue weighted by Gasteiger charge is -2.57. The Balaban J connectivity index is 2.22. The zero-order chi connectivity index (χ0) is 12.3. The largest absolute Gasteiger partial charge is 0.313 e. The van der Waals surface area contributed by atoms with Gasteiger partial charge in [0.2, 0.25) is 0 Å². The minimum atomic E-state index is -0.106. The molecular weight excluding hydrogens is 213 g/mol. The number of benzene rings is 1. The number of hydrogen-bond acceptors (Lipinski definition) is 1. The molecule has 0 saturated carbocycles. The highest BCUT2D eigenvalue weighted by Gasteiger charge is 2.53. The summed E-state index contributed by atoms with van der Waals surface area (Å²) in [6, 6.07) is 5.81. The summed E-state index contributed by atoms with van der Waals surface area (Å²) in [5.74, 6) is -0.106. The van der Waals surface area contributed by atoms with E-state index in [9.17, 15) is 4.39 Å². The van der Waals surface area contributed by atoms with Crippen LogP contribution in [0.4, 0.5) is 4.39 Å². The van der Waals surface area contributed by atoms with Crippen LogP contribution in [-0.4, -0.2) is 12.6 Å². The number of rotatable bonds is 0. The second-order valence-corrected chi connectivity index (χ2v) is 6.32. The molecule has 1 aliphatic carbocycles. The Bertz CT molecular complexity index is 466. The number of piperidine rings is 1. The lowest BCUT2D eigenvalue weighted by atomic mass is 9.51. The Kier molecular flexibility index (Phi) is 2.19. The summed E-state index contributed by atoms with van der Waals surface area (Å²) in [5, 5.41) is 3.60. The maximum atomic E-state index is 13.4. The number of hydrogen-bond donors (Lipinski definition) is 1. The zero-order valence-electron chi connectivity index (χ0n) is 10.8. The molecular formula is C15H20FN. The van der Waals surface area contributed by atoms with Gasteiger partial charge in [0, 0.05) is 11.5 Å². The third kappa shape index (κ3) is 1.33. The van der Waals surface area contributed by atoms with Gasteiger partial charge in [-0.2, -0.15) is 0 Å². The maximum Gasteiger partial charge on any atom is 0.123 e.